The quantitative estimate of drug-likeness (QED) is 0.893. The topological polar surface area (TPSA) is 66.5 Å². The van der Waals surface area contributed by atoms with E-state index in [1.165, 1.54) is 12.1 Å². The summed E-state index contributed by atoms with van der Waals surface area (Å²) in [6.45, 7) is 1.90. The van der Waals surface area contributed by atoms with E-state index in [0.717, 1.165) is 6.07 Å². The lowest BCUT2D eigenvalue weighted by molar-refractivity contribution is -0.138. The molecule has 102 valence electrons. The van der Waals surface area contributed by atoms with Gasteiger partial charge >= 0.3 is 6.18 Å². The van der Waals surface area contributed by atoms with Gasteiger partial charge in [0.25, 0.3) is 0 Å². The molecule has 1 atom stereocenters. The van der Waals surface area contributed by atoms with Gasteiger partial charge in [0.15, 0.2) is 5.82 Å². The average molecular weight is 271 g/mol. The zero-order valence-electron chi connectivity index (χ0n) is 10.1. The minimum absolute atomic E-state index is 0.193. The van der Waals surface area contributed by atoms with E-state index in [2.05, 4.69) is 25.9 Å². The van der Waals surface area contributed by atoms with Crippen molar-refractivity contribution in [1.82, 2.24) is 25.9 Å². The molecule has 0 saturated heterocycles. The fraction of sp³-hybridized carbons (Fsp3) is 0.364. The summed E-state index contributed by atoms with van der Waals surface area (Å²) in [6, 6.07) is 5.00. The van der Waals surface area contributed by atoms with Gasteiger partial charge in [0, 0.05) is 6.04 Å². The maximum absolute atomic E-state index is 12.9. The van der Waals surface area contributed by atoms with Crippen LogP contribution in [-0.2, 0) is 12.7 Å². The third kappa shape index (κ3) is 3.28. The van der Waals surface area contributed by atoms with Gasteiger partial charge in [-0.15, -0.1) is 10.2 Å². The molecule has 0 spiro atoms. The highest BCUT2D eigenvalue weighted by Crippen LogP contribution is 2.34. The number of benzene rings is 1. The number of halogens is 3. The molecule has 2 aromatic rings. The van der Waals surface area contributed by atoms with Crippen LogP contribution in [0, 0.1) is 0 Å². The van der Waals surface area contributed by atoms with Gasteiger partial charge in [-0.2, -0.15) is 18.4 Å². The van der Waals surface area contributed by atoms with Crippen LogP contribution in [0.3, 0.4) is 0 Å². The number of hydrogen-bond acceptors (Lipinski definition) is 4. The number of nitrogens with one attached hydrogen (secondary N) is 2. The van der Waals surface area contributed by atoms with Crippen molar-refractivity contribution in [3.05, 3.63) is 41.2 Å². The molecule has 8 heteroatoms. The van der Waals surface area contributed by atoms with E-state index in [1.807, 2.05) is 0 Å². The van der Waals surface area contributed by atoms with Gasteiger partial charge in [0.1, 0.15) is 0 Å². The van der Waals surface area contributed by atoms with Crippen LogP contribution < -0.4 is 5.32 Å². The second-order valence-corrected chi connectivity index (χ2v) is 4.02. The Kier molecular flexibility index (Phi) is 3.79. The third-order valence-electron chi connectivity index (χ3n) is 2.69. The molecule has 1 unspecified atom stereocenters. The second kappa shape index (κ2) is 5.35. The predicted octanol–water partition coefficient (Wildman–Crippen LogP) is 2.07. The smallest absolute Gasteiger partial charge is 0.303 e. The van der Waals surface area contributed by atoms with Crippen molar-refractivity contribution in [3.8, 4) is 0 Å². The molecule has 1 aromatic carbocycles. The van der Waals surface area contributed by atoms with Gasteiger partial charge in [-0.3, -0.25) is 0 Å². The Morgan fingerprint density at radius 1 is 1.32 bits per heavy atom. The number of tetrazole rings is 1. The van der Waals surface area contributed by atoms with Crippen LogP contribution in [0.15, 0.2) is 24.3 Å². The summed E-state index contributed by atoms with van der Waals surface area (Å²) >= 11 is 0. The first-order chi connectivity index (χ1) is 8.98. The van der Waals surface area contributed by atoms with E-state index in [1.54, 1.807) is 13.0 Å². The molecule has 0 fully saturated rings. The molecule has 1 heterocycles. The van der Waals surface area contributed by atoms with Crippen molar-refractivity contribution >= 4 is 0 Å². The highest BCUT2D eigenvalue weighted by Gasteiger charge is 2.34. The molecule has 0 saturated carbocycles. The molecule has 0 radical (unpaired) electrons. The summed E-state index contributed by atoms with van der Waals surface area (Å²) < 4.78 is 38.6. The maximum Gasteiger partial charge on any atom is 0.416 e. The summed E-state index contributed by atoms with van der Waals surface area (Å²) in [6.07, 6.45) is -4.36. The Labute approximate surface area is 107 Å². The lowest BCUT2D eigenvalue weighted by Crippen LogP contribution is -2.22. The fourth-order valence-corrected chi connectivity index (χ4v) is 1.74. The van der Waals surface area contributed by atoms with Gasteiger partial charge < -0.3 is 5.32 Å². The Morgan fingerprint density at radius 2 is 2.05 bits per heavy atom. The van der Waals surface area contributed by atoms with Gasteiger partial charge in [0.05, 0.1) is 12.1 Å². The number of hydrogen-bond donors (Lipinski definition) is 2. The molecular weight excluding hydrogens is 259 g/mol. The molecular formula is C11H12F3N5. The van der Waals surface area contributed by atoms with Crippen molar-refractivity contribution < 1.29 is 13.2 Å². The minimum atomic E-state index is -4.36. The van der Waals surface area contributed by atoms with Crippen molar-refractivity contribution in [3.63, 3.8) is 0 Å². The van der Waals surface area contributed by atoms with E-state index < -0.39 is 17.8 Å². The van der Waals surface area contributed by atoms with Crippen molar-refractivity contribution in [2.45, 2.75) is 25.7 Å². The highest BCUT2D eigenvalue weighted by atomic mass is 19.4. The second-order valence-electron chi connectivity index (χ2n) is 4.02. The van der Waals surface area contributed by atoms with Crippen LogP contribution in [0.2, 0.25) is 0 Å². The maximum atomic E-state index is 12.9. The molecule has 2 N–H and O–H groups in total. The first-order valence-corrected chi connectivity index (χ1v) is 5.60. The van der Waals surface area contributed by atoms with Crippen LogP contribution in [0.4, 0.5) is 13.2 Å². The van der Waals surface area contributed by atoms with Gasteiger partial charge in [0.2, 0.25) is 0 Å². The van der Waals surface area contributed by atoms with Gasteiger partial charge in [-0.25, -0.2) is 0 Å². The van der Waals surface area contributed by atoms with Crippen LogP contribution in [0.5, 0.6) is 0 Å². The van der Waals surface area contributed by atoms with Crippen molar-refractivity contribution in [2.75, 3.05) is 0 Å². The predicted molar refractivity (Wildman–Crippen MR) is 60.9 cm³/mol. The Bertz CT molecular complexity index is 523. The fourth-order valence-electron chi connectivity index (χ4n) is 1.74. The van der Waals surface area contributed by atoms with Crippen LogP contribution in [-0.4, -0.2) is 20.6 Å². The Hall–Kier alpha value is -1.96. The molecule has 19 heavy (non-hydrogen) atoms. The first-order valence-electron chi connectivity index (χ1n) is 5.60. The molecule has 0 aliphatic rings. The van der Waals surface area contributed by atoms with E-state index in [9.17, 15) is 13.2 Å². The summed E-state index contributed by atoms with van der Waals surface area (Å²) in [7, 11) is 0. The number of alkyl halides is 3. The zero-order valence-corrected chi connectivity index (χ0v) is 10.1. The van der Waals surface area contributed by atoms with E-state index >= 15 is 0 Å². The first kappa shape index (κ1) is 13.5. The van der Waals surface area contributed by atoms with Crippen molar-refractivity contribution in [2.24, 2.45) is 0 Å². The standard InChI is InChI=1S/C11H12F3N5/c1-7(15-6-10-16-18-19-17-10)8-4-2-3-5-9(8)11(12,13)14/h2-5,7,15H,6H2,1H3,(H,16,17,18,19). The number of rotatable bonds is 4. The molecule has 5 nitrogen and oxygen atoms in total. The van der Waals surface area contributed by atoms with Crippen LogP contribution in [0.1, 0.15) is 29.9 Å². The summed E-state index contributed by atoms with van der Waals surface area (Å²) in [4.78, 5) is 0. The third-order valence-corrected chi connectivity index (χ3v) is 2.69. The van der Waals surface area contributed by atoms with E-state index in [0.29, 0.717) is 5.82 Å². The highest BCUT2D eigenvalue weighted by molar-refractivity contribution is 5.32. The molecule has 2 rings (SSSR count). The largest absolute Gasteiger partial charge is 0.416 e. The van der Waals surface area contributed by atoms with Crippen LogP contribution in [0.25, 0.3) is 0 Å². The summed E-state index contributed by atoms with van der Waals surface area (Å²) in [5.74, 6) is 0.399. The summed E-state index contributed by atoms with van der Waals surface area (Å²) in [5, 5.41) is 16.0. The van der Waals surface area contributed by atoms with Gasteiger partial charge in [-0.1, -0.05) is 23.4 Å². The zero-order chi connectivity index (χ0) is 13.9. The van der Waals surface area contributed by atoms with E-state index in [-0.39, 0.29) is 12.1 Å². The molecule has 0 aliphatic heterocycles. The molecule has 0 bridgehead atoms. The Balaban J connectivity index is 2.12. The lowest BCUT2D eigenvalue weighted by Gasteiger charge is -2.18. The number of nitrogens with zero attached hydrogens (tertiary/aromatic N) is 3. The molecule has 0 aliphatic carbocycles. The SMILES string of the molecule is CC(NCc1nn[nH]n1)c1ccccc1C(F)(F)F. The van der Waals surface area contributed by atoms with Gasteiger partial charge in [-0.05, 0) is 18.6 Å². The average Bonchev–Trinajstić information content (AvgIpc) is 2.88. The monoisotopic (exact) mass is 271 g/mol. The minimum Gasteiger partial charge on any atom is -0.303 e. The van der Waals surface area contributed by atoms with Crippen LogP contribution >= 0.6 is 0 Å². The normalized spacial score (nSPS) is 13.5. The summed E-state index contributed by atoms with van der Waals surface area (Å²) in [5.41, 5.74) is -0.443. The molecule has 0 amide bonds. The number of H-pyrrole nitrogens is 1. The van der Waals surface area contributed by atoms with Crippen molar-refractivity contribution in [1.29, 1.82) is 0 Å². The lowest BCUT2D eigenvalue weighted by atomic mass is 10.0. The Morgan fingerprint density at radius 3 is 2.68 bits per heavy atom. The number of aromatic nitrogens is 4. The number of aromatic amines is 1. The van der Waals surface area contributed by atoms with E-state index in [4.69, 9.17) is 0 Å². The molecule has 1 aromatic heterocycles.